The number of hydrogen-bond donors (Lipinski definition) is 1. The van der Waals surface area contributed by atoms with Crippen LogP contribution >= 0.6 is 0 Å². The molecule has 0 unspecified atom stereocenters. The Morgan fingerprint density at radius 1 is 1.25 bits per heavy atom. The van der Waals surface area contributed by atoms with Crippen molar-refractivity contribution in [2.24, 2.45) is 0 Å². The lowest BCUT2D eigenvalue weighted by Gasteiger charge is -2.33. The molecule has 1 saturated heterocycles. The Morgan fingerprint density at radius 3 is 2.30 bits per heavy atom. The summed E-state index contributed by atoms with van der Waals surface area (Å²) in [4.78, 5) is 17.2. The first-order valence-corrected chi connectivity index (χ1v) is 8.39. The van der Waals surface area contributed by atoms with Crippen molar-refractivity contribution >= 4 is 15.9 Å². The molecule has 1 N–H and O–H groups in total. The van der Waals surface area contributed by atoms with E-state index in [1.54, 1.807) is 11.8 Å². The fraction of sp³-hybridized carbons (Fsp3) is 0.615. The number of nitrogens with zero attached hydrogens (tertiary/aromatic N) is 2. The number of rotatable bonds is 3. The molecule has 1 aromatic rings. The topological polar surface area (TPSA) is 73.5 Å². The highest BCUT2D eigenvalue weighted by Crippen LogP contribution is 2.15. The van der Waals surface area contributed by atoms with Crippen LogP contribution in [-0.2, 0) is 10.0 Å². The van der Waals surface area contributed by atoms with Crippen molar-refractivity contribution in [2.45, 2.75) is 20.8 Å². The fourth-order valence-corrected chi connectivity index (χ4v) is 3.55. The maximum absolute atomic E-state index is 12.4. The minimum absolute atomic E-state index is 0.0274. The molecule has 2 heterocycles. The van der Waals surface area contributed by atoms with E-state index in [9.17, 15) is 13.2 Å². The molecule has 2 rings (SSSR count). The van der Waals surface area contributed by atoms with Crippen LogP contribution in [0.1, 0.15) is 28.7 Å². The van der Waals surface area contributed by atoms with Gasteiger partial charge >= 0.3 is 0 Å². The maximum atomic E-state index is 12.4. The molecule has 1 amide bonds. The van der Waals surface area contributed by atoms with Crippen LogP contribution in [-0.4, -0.2) is 60.4 Å². The number of carbonyl (C=O) groups is 1. The lowest BCUT2D eigenvalue weighted by Crippen LogP contribution is -2.50. The molecule has 112 valence electrons. The largest absolute Gasteiger partial charge is 0.362 e. The summed E-state index contributed by atoms with van der Waals surface area (Å²) in [5, 5.41) is 0. The van der Waals surface area contributed by atoms with E-state index < -0.39 is 10.0 Å². The zero-order valence-electron chi connectivity index (χ0n) is 12.1. The second-order valence-corrected chi connectivity index (χ2v) is 7.34. The number of hydrogen-bond acceptors (Lipinski definition) is 3. The first-order chi connectivity index (χ1) is 9.35. The van der Waals surface area contributed by atoms with Gasteiger partial charge in [-0.1, -0.05) is 0 Å². The molecule has 0 spiro atoms. The number of aromatic amines is 1. The van der Waals surface area contributed by atoms with Gasteiger partial charge in [-0.05, 0) is 26.8 Å². The highest BCUT2D eigenvalue weighted by atomic mass is 32.2. The van der Waals surface area contributed by atoms with Gasteiger partial charge in [0.15, 0.2) is 0 Å². The molecule has 7 heteroatoms. The Balaban J connectivity index is 2.04. The van der Waals surface area contributed by atoms with Gasteiger partial charge in [0.05, 0.1) is 11.3 Å². The van der Waals surface area contributed by atoms with Gasteiger partial charge in [-0.25, -0.2) is 8.42 Å². The van der Waals surface area contributed by atoms with E-state index in [0.717, 1.165) is 11.4 Å². The Kier molecular flexibility index (Phi) is 4.19. The van der Waals surface area contributed by atoms with Crippen molar-refractivity contribution in [3.05, 3.63) is 23.0 Å². The van der Waals surface area contributed by atoms with Crippen molar-refractivity contribution in [3.8, 4) is 0 Å². The van der Waals surface area contributed by atoms with E-state index in [0.29, 0.717) is 31.7 Å². The van der Waals surface area contributed by atoms with Gasteiger partial charge in [-0.2, -0.15) is 4.31 Å². The molecule has 1 aliphatic rings. The van der Waals surface area contributed by atoms with E-state index in [1.807, 2.05) is 19.9 Å². The third-order valence-electron chi connectivity index (χ3n) is 3.66. The van der Waals surface area contributed by atoms with Crippen LogP contribution in [0.3, 0.4) is 0 Å². The van der Waals surface area contributed by atoms with Crippen LogP contribution in [0.25, 0.3) is 0 Å². The summed E-state index contributed by atoms with van der Waals surface area (Å²) in [5.74, 6) is 0.0808. The van der Waals surface area contributed by atoms with Crippen LogP contribution in [0.5, 0.6) is 0 Å². The molecular weight excluding hydrogens is 278 g/mol. The molecule has 20 heavy (non-hydrogen) atoms. The van der Waals surface area contributed by atoms with Crippen molar-refractivity contribution < 1.29 is 13.2 Å². The molecule has 0 radical (unpaired) electrons. The normalized spacial score (nSPS) is 17.4. The van der Waals surface area contributed by atoms with E-state index >= 15 is 0 Å². The molecule has 1 aromatic heterocycles. The Morgan fingerprint density at radius 2 is 1.85 bits per heavy atom. The number of aromatic nitrogens is 1. The van der Waals surface area contributed by atoms with E-state index in [-0.39, 0.29) is 11.7 Å². The summed E-state index contributed by atoms with van der Waals surface area (Å²) in [6.45, 7) is 7.07. The Bertz CT molecular complexity index is 598. The van der Waals surface area contributed by atoms with Crippen molar-refractivity contribution in [3.63, 3.8) is 0 Å². The van der Waals surface area contributed by atoms with Crippen LogP contribution in [0, 0.1) is 13.8 Å². The molecular formula is C13H21N3O3S. The second-order valence-electron chi connectivity index (χ2n) is 5.08. The Labute approximate surface area is 119 Å². The van der Waals surface area contributed by atoms with Gasteiger partial charge in [0.2, 0.25) is 10.0 Å². The standard InChI is InChI=1S/C13H21N3O3S/c1-4-20(18,19)16-7-5-15(6-8-16)13(17)12-9-10(2)14-11(12)3/h9,14H,4-8H2,1-3H3. The molecule has 0 atom stereocenters. The zero-order valence-corrected chi connectivity index (χ0v) is 13.0. The van der Waals surface area contributed by atoms with Crippen LogP contribution in [0.15, 0.2) is 6.07 Å². The first kappa shape index (κ1) is 15.1. The van der Waals surface area contributed by atoms with Crippen molar-refractivity contribution in [2.75, 3.05) is 31.9 Å². The molecule has 0 aliphatic carbocycles. The molecule has 6 nitrogen and oxygen atoms in total. The van der Waals surface area contributed by atoms with Gasteiger partial charge < -0.3 is 9.88 Å². The van der Waals surface area contributed by atoms with E-state index in [4.69, 9.17) is 0 Å². The number of carbonyl (C=O) groups excluding carboxylic acids is 1. The van der Waals surface area contributed by atoms with Crippen LogP contribution in [0.2, 0.25) is 0 Å². The first-order valence-electron chi connectivity index (χ1n) is 6.78. The number of nitrogens with one attached hydrogen (secondary N) is 1. The molecule has 1 fully saturated rings. The summed E-state index contributed by atoms with van der Waals surface area (Å²) in [5.41, 5.74) is 2.49. The number of sulfonamides is 1. The average Bonchev–Trinajstić information content (AvgIpc) is 2.77. The molecule has 0 bridgehead atoms. The quantitative estimate of drug-likeness (QED) is 0.894. The van der Waals surface area contributed by atoms with E-state index in [2.05, 4.69) is 4.98 Å². The summed E-state index contributed by atoms with van der Waals surface area (Å²) < 4.78 is 25.0. The summed E-state index contributed by atoms with van der Waals surface area (Å²) >= 11 is 0. The smallest absolute Gasteiger partial charge is 0.255 e. The monoisotopic (exact) mass is 299 g/mol. The minimum atomic E-state index is -3.15. The second kappa shape index (κ2) is 5.57. The summed E-state index contributed by atoms with van der Waals surface area (Å²) in [6.07, 6.45) is 0. The van der Waals surface area contributed by atoms with Gasteiger partial charge in [0.25, 0.3) is 5.91 Å². The third-order valence-corrected chi connectivity index (χ3v) is 5.55. The zero-order chi connectivity index (χ0) is 14.9. The van der Waals surface area contributed by atoms with Gasteiger partial charge in [-0.3, -0.25) is 4.79 Å². The highest BCUT2D eigenvalue weighted by molar-refractivity contribution is 7.89. The molecule has 0 aromatic carbocycles. The molecule has 0 saturated carbocycles. The summed E-state index contributed by atoms with van der Waals surface area (Å²) in [7, 11) is -3.15. The Hall–Kier alpha value is -1.34. The maximum Gasteiger partial charge on any atom is 0.255 e. The van der Waals surface area contributed by atoms with Crippen molar-refractivity contribution in [1.82, 2.24) is 14.2 Å². The summed E-state index contributed by atoms with van der Waals surface area (Å²) in [6, 6.07) is 1.84. The molecule has 1 aliphatic heterocycles. The fourth-order valence-electron chi connectivity index (χ4n) is 2.47. The van der Waals surface area contributed by atoms with Gasteiger partial charge in [0.1, 0.15) is 0 Å². The van der Waals surface area contributed by atoms with Crippen LogP contribution in [0.4, 0.5) is 0 Å². The minimum Gasteiger partial charge on any atom is -0.362 e. The van der Waals surface area contributed by atoms with E-state index in [1.165, 1.54) is 4.31 Å². The average molecular weight is 299 g/mol. The van der Waals surface area contributed by atoms with Crippen LogP contribution < -0.4 is 0 Å². The number of amides is 1. The highest BCUT2D eigenvalue weighted by Gasteiger charge is 2.28. The lowest BCUT2D eigenvalue weighted by atomic mass is 10.2. The van der Waals surface area contributed by atoms with Gasteiger partial charge in [-0.15, -0.1) is 0 Å². The van der Waals surface area contributed by atoms with Gasteiger partial charge in [0, 0.05) is 37.6 Å². The predicted molar refractivity (Wildman–Crippen MR) is 77.2 cm³/mol. The van der Waals surface area contributed by atoms with Crippen molar-refractivity contribution in [1.29, 1.82) is 0 Å². The third kappa shape index (κ3) is 2.88. The predicted octanol–water partition coefficient (Wildman–Crippen LogP) is 0.739. The number of piperazine rings is 1. The number of aryl methyl sites for hydroxylation is 2. The lowest BCUT2D eigenvalue weighted by molar-refractivity contribution is 0.0697. The SMILES string of the molecule is CCS(=O)(=O)N1CCN(C(=O)c2cc(C)[nH]c2C)CC1. The number of H-pyrrole nitrogens is 1.